The molecule has 12 heavy (non-hydrogen) atoms. The molecular formula is C9H13ClFN. The van der Waals surface area contributed by atoms with Crippen LogP contribution in [0.3, 0.4) is 0 Å². The van der Waals surface area contributed by atoms with Crippen LogP contribution in [0.5, 0.6) is 0 Å². The van der Waals surface area contributed by atoms with Crippen LogP contribution in [0.4, 0.5) is 4.39 Å². The fraction of sp³-hybridized carbons (Fsp3) is 0.333. The molecule has 0 amide bonds. The van der Waals surface area contributed by atoms with Gasteiger partial charge in [0.15, 0.2) is 0 Å². The third-order valence-corrected chi connectivity index (χ3v) is 1.59. The lowest BCUT2D eigenvalue weighted by Gasteiger charge is -2.05. The second-order valence-electron chi connectivity index (χ2n) is 2.85. The summed E-state index contributed by atoms with van der Waals surface area (Å²) >= 11 is 0. The van der Waals surface area contributed by atoms with Crippen molar-refractivity contribution in [2.24, 2.45) is 5.73 Å². The van der Waals surface area contributed by atoms with E-state index < -0.39 is 0 Å². The zero-order chi connectivity index (χ0) is 8.43. The first-order valence-electron chi connectivity index (χ1n) is 3.62. The summed E-state index contributed by atoms with van der Waals surface area (Å²) in [7, 11) is 0. The van der Waals surface area contributed by atoms with Crippen molar-refractivity contribution in [3.63, 3.8) is 0 Å². The molecule has 0 fully saturated rings. The number of aryl methyl sites for hydroxylation is 1. The average molecular weight is 190 g/mol. The number of rotatable bonds is 1. The van der Waals surface area contributed by atoms with E-state index in [2.05, 4.69) is 0 Å². The van der Waals surface area contributed by atoms with Gasteiger partial charge < -0.3 is 5.73 Å². The first-order chi connectivity index (χ1) is 5.09. The van der Waals surface area contributed by atoms with Gasteiger partial charge in [-0.25, -0.2) is 4.39 Å². The summed E-state index contributed by atoms with van der Waals surface area (Å²) in [5.74, 6) is -0.211. The Kier molecular flexibility index (Phi) is 4.21. The van der Waals surface area contributed by atoms with Gasteiger partial charge in [-0.05, 0) is 37.1 Å². The highest BCUT2D eigenvalue weighted by Gasteiger charge is 2.01. The Bertz CT molecular complexity index is 240. The molecule has 0 saturated carbocycles. The minimum atomic E-state index is -0.211. The van der Waals surface area contributed by atoms with Crippen LogP contribution in [0.1, 0.15) is 24.1 Å². The van der Waals surface area contributed by atoms with Gasteiger partial charge in [-0.3, -0.25) is 0 Å². The average Bonchev–Trinajstić information content (AvgIpc) is 1.85. The highest BCUT2D eigenvalue weighted by molar-refractivity contribution is 5.85. The number of hydrogen-bond donors (Lipinski definition) is 1. The lowest BCUT2D eigenvalue weighted by Crippen LogP contribution is -2.05. The van der Waals surface area contributed by atoms with Crippen molar-refractivity contribution in [3.8, 4) is 0 Å². The Morgan fingerprint density at radius 1 is 1.33 bits per heavy atom. The SMILES string of the molecule is Cc1cc(F)cc([C@H](C)N)c1.Cl. The minimum absolute atomic E-state index is 0. The van der Waals surface area contributed by atoms with Crippen LogP contribution in [0.2, 0.25) is 0 Å². The van der Waals surface area contributed by atoms with Gasteiger partial charge in [0.2, 0.25) is 0 Å². The fourth-order valence-corrected chi connectivity index (χ4v) is 1.03. The first-order valence-corrected chi connectivity index (χ1v) is 3.62. The lowest BCUT2D eigenvalue weighted by atomic mass is 10.1. The maximum Gasteiger partial charge on any atom is 0.123 e. The van der Waals surface area contributed by atoms with Crippen molar-refractivity contribution >= 4 is 12.4 Å². The maximum atomic E-state index is 12.7. The topological polar surface area (TPSA) is 26.0 Å². The molecule has 1 aromatic rings. The Morgan fingerprint density at radius 3 is 2.33 bits per heavy atom. The van der Waals surface area contributed by atoms with Crippen LogP contribution < -0.4 is 5.73 Å². The molecule has 68 valence electrons. The van der Waals surface area contributed by atoms with Crippen LogP contribution in [-0.2, 0) is 0 Å². The molecule has 0 bridgehead atoms. The fourth-order valence-electron chi connectivity index (χ4n) is 1.03. The van der Waals surface area contributed by atoms with E-state index in [1.807, 2.05) is 19.9 Å². The summed E-state index contributed by atoms with van der Waals surface area (Å²) in [4.78, 5) is 0. The van der Waals surface area contributed by atoms with Gasteiger partial charge >= 0.3 is 0 Å². The lowest BCUT2D eigenvalue weighted by molar-refractivity contribution is 0.621. The standard InChI is InChI=1S/C9H12FN.ClH/c1-6-3-8(7(2)11)5-9(10)4-6;/h3-5,7H,11H2,1-2H3;1H/t7-;/m0./s1. The monoisotopic (exact) mass is 189 g/mol. The van der Waals surface area contributed by atoms with Gasteiger partial charge in [0.25, 0.3) is 0 Å². The number of hydrogen-bond acceptors (Lipinski definition) is 1. The first kappa shape index (κ1) is 11.4. The Balaban J connectivity index is 0.00000121. The molecule has 1 rings (SSSR count). The van der Waals surface area contributed by atoms with E-state index in [1.54, 1.807) is 0 Å². The Hall–Kier alpha value is -0.600. The third-order valence-electron chi connectivity index (χ3n) is 1.59. The molecule has 1 aromatic carbocycles. The van der Waals surface area contributed by atoms with E-state index in [4.69, 9.17) is 5.73 Å². The molecule has 0 spiro atoms. The van der Waals surface area contributed by atoms with Gasteiger partial charge in [-0.1, -0.05) is 6.07 Å². The summed E-state index contributed by atoms with van der Waals surface area (Å²) in [6, 6.07) is 4.77. The number of benzene rings is 1. The summed E-state index contributed by atoms with van der Waals surface area (Å²) < 4.78 is 12.7. The van der Waals surface area contributed by atoms with Crippen LogP contribution in [0.15, 0.2) is 18.2 Å². The molecule has 0 aliphatic heterocycles. The smallest absolute Gasteiger partial charge is 0.123 e. The molecular weight excluding hydrogens is 177 g/mol. The highest BCUT2D eigenvalue weighted by atomic mass is 35.5. The van der Waals surface area contributed by atoms with Gasteiger partial charge in [-0.15, -0.1) is 12.4 Å². The predicted molar refractivity (Wildman–Crippen MR) is 51.0 cm³/mol. The van der Waals surface area contributed by atoms with Gasteiger partial charge in [0.1, 0.15) is 5.82 Å². The minimum Gasteiger partial charge on any atom is -0.324 e. The quantitative estimate of drug-likeness (QED) is 0.722. The highest BCUT2D eigenvalue weighted by Crippen LogP contribution is 2.13. The Morgan fingerprint density at radius 2 is 1.92 bits per heavy atom. The normalized spacial score (nSPS) is 12.0. The summed E-state index contributed by atoms with van der Waals surface area (Å²) in [6.45, 7) is 3.70. The van der Waals surface area contributed by atoms with E-state index in [1.165, 1.54) is 12.1 Å². The molecule has 0 unspecified atom stereocenters. The maximum absolute atomic E-state index is 12.7. The molecule has 0 aliphatic rings. The summed E-state index contributed by atoms with van der Waals surface area (Å²) in [5.41, 5.74) is 7.35. The van der Waals surface area contributed by atoms with Crippen molar-refractivity contribution in [1.29, 1.82) is 0 Å². The van der Waals surface area contributed by atoms with Gasteiger partial charge in [-0.2, -0.15) is 0 Å². The molecule has 0 heterocycles. The number of halogens is 2. The molecule has 1 nitrogen and oxygen atoms in total. The van der Waals surface area contributed by atoms with Gasteiger partial charge in [0.05, 0.1) is 0 Å². The van der Waals surface area contributed by atoms with E-state index in [0.29, 0.717) is 0 Å². The van der Waals surface area contributed by atoms with Crippen molar-refractivity contribution in [1.82, 2.24) is 0 Å². The molecule has 0 aromatic heterocycles. The summed E-state index contributed by atoms with van der Waals surface area (Å²) in [5, 5.41) is 0. The van der Waals surface area contributed by atoms with Crippen LogP contribution in [0.25, 0.3) is 0 Å². The molecule has 3 heteroatoms. The van der Waals surface area contributed by atoms with E-state index in [0.717, 1.165) is 11.1 Å². The van der Waals surface area contributed by atoms with Crippen LogP contribution in [0, 0.1) is 12.7 Å². The van der Waals surface area contributed by atoms with Crippen LogP contribution >= 0.6 is 12.4 Å². The molecule has 0 aliphatic carbocycles. The zero-order valence-corrected chi connectivity index (χ0v) is 7.99. The van der Waals surface area contributed by atoms with E-state index in [-0.39, 0.29) is 24.3 Å². The van der Waals surface area contributed by atoms with Crippen LogP contribution in [-0.4, -0.2) is 0 Å². The second kappa shape index (κ2) is 4.43. The van der Waals surface area contributed by atoms with E-state index >= 15 is 0 Å². The largest absolute Gasteiger partial charge is 0.324 e. The van der Waals surface area contributed by atoms with Gasteiger partial charge in [0, 0.05) is 6.04 Å². The van der Waals surface area contributed by atoms with Crippen molar-refractivity contribution in [2.45, 2.75) is 19.9 Å². The van der Waals surface area contributed by atoms with Crippen molar-refractivity contribution in [3.05, 3.63) is 35.1 Å². The van der Waals surface area contributed by atoms with Crippen molar-refractivity contribution in [2.75, 3.05) is 0 Å². The number of nitrogens with two attached hydrogens (primary N) is 1. The molecule has 2 N–H and O–H groups in total. The second-order valence-corrected chi connectivity index (χ2v) is 2.85. The molecule has 0 saturated heterocycles. The summed E-state index contributed by atoms with van der Waals surface area (Å²) in [6.07, 6.45) is 0. The molecule has 0 radical (unpaired) electrons. The molecule has 1 atom stereocenters. The third kappa shape index (κ3) is 2.80. The predicted octanol–water partition coefficient (Wildman–Crippen LogP) is 2.58. The van der Waals surface area contributed by atoms with E-state index in [9.17, 15) is 4.39 Å². The van der Waals surface area contributed by atoms with Crippen molar-refractivity contribution < 1.29 is 4.39 Å². The Labute approximate surface area is 78.2 Å². The zero-order valence-electron chi connectivity index (χ0n) is 7.17.